The molecule has 0 heterocycles. The Morgan fingerprint density at radius 1 is 1.20 bits per heavy atom. The summed E-state index contributed by atoms with van der Waals surface area (Å²) in [5.41, 5.74) is 1.48. The van der Waals surface area contributed by atoms with Crippen LogP contribution in [-0.4, -0.2) is 4.92 Å². The number of hydrogen-bond donors (Lipinski definition) is 1. The smallest absolute Gasteiger partial charge is 0.293 e. The predicted molar refractivity (Wildman–Crippen MR) is 82.9 cm³/mol. The fourth-order valence-corrected chi connectivity index (χ4v) is 2.49. The van der Waals surface area contributed by atoms with E-state index in [0.717, 1.165) is 5.56 Å². The summed E-state index contributed by atoms with van der Waals surface area (Å²) in [5, 5.41) is 13.9. The minimum Gasteiger partial charge on any atom is -0.350 e. The topological polar surface area (TPSA) is 55.2 Å². The highest BCUT2D eigenvalue weighted by Gasteiger charge is 2.15. The molecule has 1 N–H and O–H groups in total. The van der Waals surface area contributed by atoms with Crippen LogP contribution in [0.2, 0.25) is 0 Å². The number of aryl methyl sites for hydroxylation is 1. The molecule has 0 aromatic heterocycles. The van der Waals surface area contributed by atoms with E-state index < -0.39 is 10.7 Å². The normalized spacial score (nSPS) is 10.4. The van der Waals surface area contributed by atoms with E-state index in [4.69, 9.17) is 0 Å². The molecule has 0 spiro atoms. The Kier molecular flexibility index (Phi) is 4.39. The Bertz CT molecular complexity index is 692. The van der Waals surface area contributed by atoms with Gasteiger partial charge in [-0.2, -0.15) is 0 Å². The molecule has 7 heteroatoms. The molecule has 0 unspecified atom stereocenters. The Balaban J connectivity index is 2.45. The van der Waals surface area contributed by atoms with E-state index in [0.29, 0.717) is 20.3 Å². The lowest BCUT2D eigenvalue weighted by Gasteiger charge is -2.11. The second kappa shape index (κ2) is 5.88. The van der Waals surface area contributed by atoms with Gasteiger partial charge < -0.3 is 5.32 Å². The molecule has 0 aliphatic heterocycles. The number of hydrogen-bond acceptors (Lipinski definition) is 3. The maximum absolute atomic E-state index is 13.6. The zero-order chi connectivity index (χ0) is 14.9. The van der Waals surface area contributed by atoms with Crippen LogP contribution in [-0.2, 0) is 0 Å². The third-order valence-electron chi connectivity index (χ3n) is 2.69. The first kappa shape index (κ1) is 14.9. The fourth-order valence-electron chi connectivity index (χ4n) is 1.69. The first-order chi connectivity index (χ1) is 9.38. The molecule has 104 valence electrons. The van der Waals surface area contributed by atoms with Gasteiger partial charge in [0.2, 0.25) is 0 Å². The summed E-state index contributed by atoms with van der Waals surface area (Å²) < 4.78 is 14.5. The number of rotatable bonds is 3. The lowest BCUT2D eigenvalue weighted by molar-refractivity contribution is -0.384. The van der Waals surface area contributed by atoms with E-state index in [9.17, 15) is 14.5 Å². The van der Waals surface area contributed by atoms with Gasteiger partial charge in [-0.05, 0) is 52.7 Å². The molecule has 2 aromatic carbocycles. The predicted octanol–water partition coefficient (Wildman–Crippen LogP) is 5.31. The van der Waals surface area contributed by atoms with E-state index in [-0.39, 0.29) is 5.69 Å². The lowest BCUT2D eigenvalue weighted by atomic mass is 10.2. The Morgan fingerprint density at radius 2 is 1.90 bits per heavy atom. The zero-order valence-electron chi connectivity index (χ0n) is 10.3. The van der Waals surface area contributed by atoms with Crippen molar-refractivity contribution < 1.29 is 9.31 Å². The molecule has 0 bridgehead atoms. The zero-order valence-corrected chi connectivity index (χ0v) is 13.5. The van der Waals surface area contributed by atoms with Gasteiger partial charge in [0.05, 0.1) is 9.40 Å². The van der Waals surface area contributed by atoms with E-state index in [1.54, 1.807) is 25.1 Å². The molecule has 20 heavy (non-hydrogen) atoms. The Hall–Kier alpha value is -1.47. The standard InChI is InChI=1S/C13H9Br2FN2O2/c1-7-4-9(15)10(16)6-12(7)17-11-3-2-8(14)5-13(11)18(19)20/h2-6,17H,1H3. The number of nitrogens with one attached hydrogen (secondary N) is 1. The van der Waals surface area contributed by atoms with E-state index in [1.807, 2.05) is 0 Å². The molecular weight excluding hydrogens is 395 g/mol. The number of nitro groups is 1. The summed E-state index contributed by atoms with van der Waals surface area (Å²) in [7, 11) is 0. The van der Waals surface area contributed by atoms with E-state index >= 15 is 0 Å². The van der Waals surface area contributed by atoms with Crippen molar-refractivity contribution in [3.8, 4) is 0 Å². The minimum atomic E-state index is -0.488. The van der Waals surface area contributed by atoms with Crippen molar-refractivity contribution in [1.29, 1.82) is 0 Å². The van der Waals surface area contributed by atoms with E-state index in [1.165, 1.54) is 12.1 Å². The van der Waals surface area contributed by atoms with Crippen LogP contribution >= 0.6 is 31.9 Å². The summed E-state index contributed by atoms with van der Waals surface area (Å²) in [5.74, 6) is -0.433. The van der Waals surface area contributed by atoms with Crippen LogP contribution in [0.4, 0.5) is 21.5 Å². The maximum atomic E-state index is 13.6. The quantitative estimate of drug-likeness (QED) is 0.558. The minimum absolute atomic E-state index is 0.0814. The number of benzene rings is 2. The summed E-state index contributed by atoms with van der Waals surface area (Å²) in [4.78, 5) is 10.5. The van der Waals surface area contributed by atoms with Gasteiger partial charge >= 0.3 is 0 Å². The van der Waals surface area contributed by atoms with Crippen LogP contribution in [0.1, 0.15) is 5.56 Å². The second-order valence-electron chi connectivity index (χ2n) is 4.12. The van der Waals surface area contributed by atoms with Crippen LogP contribution in [0.15, 0.2) is 39.3 Å². The average molecular weight is 404 g/mol. The summed E-state index contributed by atoms with van der Waals surface area (Å²) >= 11 is 6.28. The summed E-state index contributed by atoms with van der Waals surface area (Å²) in [6.45, 7) is 1.79. The molecule has 0 amide bonds. The van der Waals surface area contributed by atoms with Crippen molar-refractivity contribution >= 4 is 48.9 Å². The van der Waals surface area contributed by atoms with Gasteiger partial charge in [-0.3, -0.25) is 10.1 Å². The van der Waals surface area contributed by atoms with Crippen molar-refractivity contribution in [3.63, 3.8) is 0 Å². The average Bonchev–Trinajstić information content (AvgIpc) is 2.37. The van der Waals surface area contributed by atoms with Crippen molar-refractivity contribution in [2.45, 2.75) is 6.92 Å². The van der Waals surface area contributed by atoms with Crippen molar-refractivity contribution in [1.82, 2.24) is 0 Å². The fraction of sp³-hybridized carbons (Fsp3) is 0.0769. The van der Waals surface area contributed by atoms with Crippen molar-refractivity contribution in [2.24, 2.45) is 0 Å². The monoisotopic (exact) mass is 402 g/mol. The number of halogens is 3. The number of nitro benzene ring substituents is 1. The lowest BCUT2D eigenvalue weighted by Crippen LogP contribution is -1.99. The molecule has 0 fully saturated rings. The largest absolute Gasteiger partial charge is 0.350 e. The van der Waals surface area contributed by atoms with Gasteiger partial charge in [0, 0.05) is 16.2 Å². The van der Waals surface area contributed by atoms with Gasteiger partial charge in [0.1, 0.15) is 11.5 Å². The maximum Gasteiger partial charge on any atom is 0.293 e. The van der Waals surface area contributed by atoms with Crippen LogP contribution in [0.5, 0.6) is 0 Å². The van der Waals surface area contributed by atoms with Gasteiger partial charge in [-0.25, -0.2) is 4.39 Å². The molecule has 0 aliphatic rings. The van der Waals surface area contributed by atoms with Crippen LogP contribution in [0, 0.1) is 22.9 Å². The SMILES string of the molecule is Cc1cc(Br)c(F)cc1Nc1ccc(Br)cc1[N+](=O)[O-]. The molecule has 2 aromatic rings. The van der Waals surface area contributed by atoms with Crippen molar-refractivity contribution in [2.75, 3.05) is 5.32 Å². The third-order valence-corrected chi connectivity index (χ3v) is 3.79. The highest BCUT2D eigenvalue weighted by Crippen LogP contribution is 2.33. The molecule has 2 rings (SSSR count). The molecule has 0 aliphatic carbocycles. The Labute approximate surface area is 131 Å². The van der Waals surface area contributed by atoms with Gasteiger partial charge in [0.25, 0.3) is 5.69 Å². The first-order valence-corrected chi connectivity index (χ1v) is 7.13. The molecule has 0 atom stereocenters. The molecule has 4 nitrogen and oxygen atoms in total. The highest BCUT2D eigenvalue weighted by atomic mass is 79.9. The van der Waals surface area contributed by atoms with Crippen LogP contribution in [0.25, 0.3) is 0 Å². The molecule has 0 saturated heterocycles. The van der Waals surface area contributed by atoms with Crippen molar-refractivity contribution in [3.05, 3.63) is 60.8 Å². The second-order valence-corrected chi connectivity index (χ2v) is 5.89. The summed E-state index contributed by atoms with van der Waals surface area (Å²) in [6, 6.07) is 7.56. The summed E-state index contributed by atoms with van der Waals surface area (Å²) in [6.07, 6.45) is 0. The van der Waals surface area contributed by atoms with Crippen LogP contribution in [0.3, 0.4) is 0 Å². The Morgan fingerprint density at radius 3 is 2.55 bits per heavy atom. The molecule has 0 saturated carbocycles. The van der Waals surface area contributed by atoms with Gasteiger partial charge in [-0.15, -0.1) is 0 Å². The number of nitrogens with zero attached hydrogens (tertiary/aromatic N) is 1. The van der Waals surface area contributed by atoms with E-state index in [2.05, 4.69) is 37.2 Å². The van der Waals surface area contributed by atoms with Gasteiger partial charge in [0.15, 0.2) is 0 Å². The first-order valence-electron chi connectivity index (χ1n) is 5.55. The third kappa shape index (κ3) is 3.16. The van der Waals surface area contributed by atoms with Crippen LogP contribution < -0.4 is 5.32 Å². The molecule has 0 radical (unpaired) electrons. The number of anilines is 2. The molecular formula is C13H9Br2FN2O2. The highest BCUT2D eigenvalue weighted by molar-refractivity contribution is 9.10. The van der Waals surface area contributed by atoms with Gasteiger partial charge in [-0.1, -0.05) is 15.9 Å².